The van der Waals surface area contributed by atoms with E-state index >= 15 is 0 Å². The van der Waals surface area contributed by atoms with Crippen LogP contribution in [0.1, 0.15) is 25.3 Å². The fraction of sp³-hybridized carbons (Fsp3) is 0.400. The van der Waals surface area contributed by atoms with E-state index in [2.05, 4.69) is 6.08 Å². The Hall–Kier alpha value is -1.81. The Kier molecular flexibility index (Phi) is 4.58. The molecule has 0 radical (unpaired) electrons. The van der Waals surface area contributed by atoms with Crippen LogP contribution < -0.4 is 4.74 Å². The molecule has 1 heterocycles. The number of ether oxygens (including phenoxy) is 2. The minimum Gasteiger partial charge on any atom is -0.468 e. The van der Waals surface area contributed by atoms with Crippen molar-refractivity contribution in [1.82, 2.24) is 4.90 Å². The minimum absolute atomic E-state index is 0.194. The van der Waals surface area contributed by atoms with Gasteiger partial charge in [-0.1, -0.05) is 6.08 Å². The van der Waals surface area contributed by atoms with E-state index in [1.165, 1.54) is 0 Å². The third kappa shape index (κ3) is 3.15. The smallest absolute Gasteiger partial charge is 0.227 e. The van der Waals surface area contributed by atoms with Gasteiger partial charge in [0.1, 0.15) is 5.75 Å². The van der Waals surface area contributed by atoms with E-state index in [1.807, 2.05) is 36.1 Å². The second-order valence-electron chi connectivity index (χ2n) is 4.34. The summed E-state index contributed by atoms with van der Waals surface area (Å²) in [5.41, 5.74) is 2.04. The van der Waals surface area contributed by atoms with Gasteiger partial charge in [-0.25, -0.2) is 0 Å². The summed E-state index contributed by atoms with van der Waals surface area (Å²) in [5.74, 6) is 0.955. The summed E-state index contributed by atoms with van der Waals surface area (Å²) in [5, 5.41) is 0. The Labute approximate surface area is 113 Å². The zero-order chi connectivity index (χ0) is 13.7. The lowest BCUT2D eigenvalue weighted by Gasteiger charge is -2.27. The SMILES string of the molecule is CCN1C(=O)CCC=C1c1ccc(OCOC)cc1. The van der Waals surface area contributed by atoms with Crippen LogP contribution >= 0.6 is 0 Å². The van der Waals surface area contributed by atoms with Crippen LogP contribution in [0.3, 0.4) is 0 Å². The summed E-state index contributed by atoms with van der Waals surface area (Å²) in [6, 6.07) is 7.72. The highest BCUT2D eigenvalue weighted by molar-refractivity contribution is 5.89. The molecule has 2 rings (SSSR count). The fourth-order valence-electron chi connectivity index (χ4n) is 2.18. The van der Waals surface area contributed by atoms with E-state index in [9.17, 15) is 4.79 Å². The first kappa shape index (κ1) is 13.6. The highest BCUT2D eigenvalue weighted by Crippen LogP contribution is 2.26. The van der Waals surface area contributed by atoms with E-state index < -0.39 is 0 Å². The van der Waals surface area contributed by atoms with Crippen molar-refractivity contribution in [3.05, 3.63) is 35.9 Å². The molecular weight excluding hydrogens is 242 g/mol. The van der Waals surface area contributed by atoms with Crippen LogP contribution in [-0.4, -0.2) is 31.3 Å². The van der Waals surface area contributed by atoms with Crippen LogP contribution in [0.4, 0.5) is 0 Å². The molecule has 4 nitrogen and oxygen atoms in total. The number of hydrogen-bond acceptors (Lipinski definition) is 3. The van der Waals surface area contributed by atoms with Gasteiger partial charge in [0, 0.05) is 25.8 Å². The molecule has 0 bridgehead atoms. The number of nitrogens with zero attached hydrogens (tertiary/aromatic N) is 1. The molecule has 19 heavy (non-hydrogen) atoms. The number of benzene rings is 1. The predicted molar refractivity (Wildman–Crippen MR) is 73.5 cm³/mol. The van der Waals surface area contributed by atoms with Crippen molar-refractivity contribution in [3.8, 4) is 5.75 Å². The van der Waals surface area contributed by atoms with E-state index in [-0.39, 0.29) is 12.7 Å². The normalized spacial score (nSPS) is 15.4. The van der Waals surface area contributed by atoms with Crippen LogP contribution in [0.2, 0.25) is 0 Å². The van der Waals surface area contributed by atoms with Crippen LogP contribution in [0.15, 0.2) is 30.3 Å². The largest absolute Gasteiger partial charge is 0.468 e. The van der Waals surface area contributed by atoms with Gasteiger partial charge in [0.25, 0.3) is 0 Å². The molecule has 0 aromatic heterocycles. The Morgan fingerprint density at radius 1 is 1.26 bits per heavy atom. The standard InChI is InChI=1S/C15H19NO3/c1-3-16-14(5-4-6-15(16)17)12-7-9-13(10-8-12)19-11-18-2/h5,7-10H,3-4,6,11H2,1-2H3. The molecule has 1 aromatic carbocycles. The topological polar surface area (TPSA) is 38.8 Å². The molecule has 1 aromatic rings. The average molecular weight is 261 g/mol. The van der Waals surface area contributed by atoms with Gasteiger partial charge < -0.3 is 14.4 Å². The number of rotatable bonds is 5. The molecule has 102 valence electrons. The van der Waals surface area contributed by atoms with E-state index in [0.717, 1.165) is 23.4 Å². The maximum atomic E-state index is 11.9. The second kappa shape index (κ2) is 6.38. The van der Waals surface area contributed by atoms with Crippen LogP contribution in [-0.2, 0) is 9.53 Å². The lowest BCUT2D eigenvalue weighted by Crippen LogP contribution is -2.31. The molecule has 0 N–H and O–H groups in total. The second-order valence-corrected chi connectivity index (χ2v) is 4.34. The van der Waals surface area contributed by atoms with Crippen molar-refractivity contribution in [1.29, 1.82) is 0 Å². The van der Waals surface area contributed by atoms with E-state index in [4.69, 9.17) is 9.47 Å². The lowest BCUT2D eigenvalue weighted by molar-refractivity contribution is -0.128. The molecule has 1 amide bonds. The summed E-state index contributed by atoms with van der Waals surface area (Å²) in [6.07, 6.45) is 3.54. The molecule has 1 aliphatic heterocycles. The Balaban J connectivity index is 2.16. The van der Waals surface area contributed by atoms with Gasteiger partial charge in [0.15, 0.2) is 6.79 Å². The third-order valence-electron chi connectivity index (χ3n) is 3.10. The third-order valence-corrected chi connectivity index (χ3v) is 3.10. The molecule has 0 saturated heterocycles. The van der Waals surface area contributed by atoms with Crippen molar-refractivity contribution in [2.24, 2.45) is 0 Å². The highest BCUT2D eigenvalue weighted by Gasteiger charge is 2.20. The lowest BCUT2D eigenvalue weighted by atomic mass is 10.0. The first-order valence-corrected chi connectivity index (χ1v) is 6.49. The van der Waals surface area contributed by atoms with Crippen molar-refractivity contribution in [2.75, 3.05) is 20.4 Å². The maximum Gasteiger partial charge on any atom is 0.227 e. The number of carbonyl (C=O) groups is 1. The maximum absolute atomic E-state index is 11.9. The van der Waals surface area contributed by atoms with Crippen molar-refractivity contribution < 1.29 is 14.3 Å². The molecule has 0 aliphatic carbocycles. The monoisotopic (exact) mass is 261 g/mol. The van der Waals surface area contributed by atoms with Crippen LogP contribution in [0, 0.1) is 0 Å². The van der Waals surface area contributed by atoms with Gasteiger partial charge in [-0.3, -0.25) is 4.79 Å². The fourth-order valence-corrected chi connectivity index (χ4v) is 2.18. The number of hydrogen-bond donors (Lipinski definition) is 0. The van der Waals surface area contributed by atoms with Crippen LogP contribution in [0.25, 0.3) is 5.70 Å². The van der Waals surface area contributed by atoms with Crippen molar-refractivity contribution in [2.45, 2.75) is 19.8 Å². The van der Waals surface area contributed by atoms with Crippen molar-refractivity contribution in [3.63, 3.8) is 0 Å². The quantitative estimate of drug-likeness (QED) is 0.765. The van der Waals surface area contributed by atoms with E-state index in [1.54, 1.807) is 7.11 Å². The molecule has 4 heteroatoms. The van der Waals surface area contributed by atoms with Gasteiger partial charge in [-0.15, -0.1) is 0 Å². The van der Waals surface area contributed by atoms with Gasteiger partial charge in [0.2, 0.25) is 5.91 Å². The molecule has 0 fully saturated rings. The van der Waals surface area contributed by atoms with Crippen LogP contribution in [0.5, 0.6) is 5.75 Å². The number of amides is 1. The summed E-state index contributed by atoms with van der Waals surface area (Å²) in [7, 11) is 1.59. The molecular formula is C15H19NO3. The first-order chi connectivity index (χ1) is 9.26. The molecule has 0 atom stereocenters. The van der Waals surface area contributed by atoms with E-state index in [0.29, 0.717) is 13.0 Å². The Morgan fingerprint density at radius 3 is 2.63 bits per heavy atom. The highest BCUT2D eigenvalue weighted by atomic mass is 16.7. The molecule has 1 aliphatic rings. The number of methoxy groups -OCH3 is 1. The summed E-state index contributed by atoms with van der Waals surface area (Å²) in [6.45, 7) is 2.93. The van der Waals surface area contributed by atoms with Gasteiger partial charge >= 0.3 is 0 Å². The Morgan fingerprint density at radius 2 is 2.00 bits per heavy atom. The zero-order valence-electron chi connectivity index (χ0n) is 11.4. The molecule has 0 saturated carbocycles. The van der Waals surface area contributed by atoms with Crippen molar-refractivity contribution >= 4 is 11.6 Å². The van der Waals surface area contributed by atoms with Gasteiger partial charge in [-0.2, -0.15) is 0 Å². The molecule has 0 spiro atoms. The summed E-state index contributed by atoms with van der Waals surface area (Å²) >= 11 is 0. The zero-order valence-corrected chi connectivity index (χ0v) is 11.4. The number of carbonyl (C=O) groups excluding carboxylic acids is 1. The first-order valence-electron chi connectivity index (χ1n) is 6.49. The van der Waals surface area contributed by atoms with Gasteiger partial charge in [0.05, 0.1) is 0 Å². The van der Waals surface area contributed by atoms with Gasteiger partial charge in [-0.05, 0) is 43.2 Å². The average Bonchev–Trinajstić information content (AvgIpc) is 2.45. The Bertz CT molecular complexity index is 465. The summed E-state index contributed by atoms with van der Waals surface area (Å²) < 4.78 is 10.2. The summed E-state index contributed by atoms with van der Waals surface area (Å²) in [4.78, 5) is 13.7. The molecule has 0 unspecified atom stereocenters. The number of allylic oxidation sites excluding steroid dienone is 1. The predicted octanol–water partition coefficient (Wildman–Crippen LogP) is 2.65. The minimum atomic E-state index is 0.194.